The number of hydrogen-bond acceptors (Lipinski definition) is 3. The van der Waals surface area contributed by atoms with Gasteiger partial charge < -0.3 is 4.74 Å². The van der Waals surface area contributed by atoms with Gasteiger partial charge in [-0.15, -0.1) is 0 Å². The first kappa shape index (κ1) is 10.1. The van der Waals surface area contributed by atoms with Gasteiger partial charge in [-0.05, 0) is 19.3 Å². The molecule has 2 heterocycles. The standard InChI is InChI=1S/C10H17NO3S/c12-15(13,8-5-6-14-7-8)11-9-3-1-2-4-10(9)11/h8-10H,1-7H2/t8-,9-,10+,11?/m0/s1. The van der Waals surface area contributed by atoms with Gasteiger partial charge in [0.2, 0.25) is 10.0 Å². The molecule has 86 valence electrons. The van der Waals surface area contributed by atoms with Crippen molar-refractivity contribution in [2.24, 2.45) is 0 Å². The monoisotopic (exact) mass is 231 g/mol. The molecule has 0 aromatic rings. The van der Waals surface area contributed by atoms with Crippen molar-refractivity contribution in [2.45, 2.75) is 49.4 Å². The molecule has 4 nitrogen and oxygen atoms in total. The van der Waals surface area contributed by atoms with E-state index >= 15 is 0 Å². The molecule has 0 amide bonds. The molecule has 0 spiro atoms. The molecule has 0 aromatic heterocycles. The van der Waals surface area contributed by atoms with E-state index in [0.717, 1.165) is 12.8 Å². The molecule has 0 bridgehead atoms. The zero-order valence-electron chi connectivity index (χ0n) is 8.76. The molecule has 0 aromatic carbocycles. The van der Waals surface area contributed by atoms with Crippen molar-refractivity contribution in [3.63, 3.8) is 0 Å². The van der Waals surface area contributed by atoms with E-state index in [1.807, 2.05) is 0 Å². The van der Waals surface area contributed by atoms with E-state index in [0.29, 0.717) is 31.7 Å². The lowest BCUT2D eigenvalue weighted by atomic mass is 10.0. The minimum Gasteiger partial charge on any atom is -0.380 e. The van der Waals surface area contributed by atoms with Gasteiger partial charge in [-0.3, -0.25) is 0 Å². The van der Waals surface area contributed by atoms with Gasteiger partial charge in [0.1, 0.15) is 5.25 Å². The van der Waals surface area contributed by atoms with Crippen LogP contribution in [0.4, 0.5) is 0 Å². The Bertz CT molecular complexity index is 336. The van der Waals surface area contributed by atoms with Crippen LogP contribution in [0.5, 0.6) is 0 Å². The van der Waals surface area contributed by atoms with Crippen LogP contribution in [0, 0.1) is 0 Å². The second-order valence-electron chi connectivity index (χ2n) is 4.78. The zero-order chi connectivity index (χ0) is 10.5. The van der Waals surface area contributed by atoms with Crippen LogP contribution in [-0.4, -0.2) is 43.3 Å². The predicted octanol–water partition coefficient (Wildman–Crippen LogP) is 0.732. The maximum absolute atomic E-state index is 12.2. The summed E-state index contributed by atoms with van der Waals surface area (Å²) in [6.07, 6.45) is 5.19. The smallest absolute Gasteiger partial charge is 0.219 e. The maximum Gasteiger partial charge on any atom is 0.219 e. The third-order valence-electron chi connectivity index (χ3n) is 3.86. The molecule has 1 saturated carbocycles. The zero-order valence-corrected chi connectivity index (χ0v) is 9.58. The first-order valence-electron chi connectivity index (χ1n) is 5.81. The molecule has 3 aliphatic rings. The number of fused-ring (bicyclic) bond motifs is 1. The van der Waals surface area contributed by atoms with Gasteiger partial charge in [-0.25, -0.2) is 8.42 Å². The molecule has 2 aliphatic heterocycles. The molecule has 2 saturated heterocycles. The Morgan fingerprint density at radius 3 is 2.27 bits per heavy atom. The van der Waals surface area contributed by atoms with Crippen LogP contribution in [0.25, 0.3) is 0 Å². The average molecular weight is 231 g/mol. The number of rotatable bonds is 2. The quantitative estimate of drug-likeness (QED) is 0.658. The van der Waals surface area contributed by atoms with E-state index in [1.54, 1.807) is 4.31 Å². The topological polar surface area (TPSA) is 46.4 Å². The number of nitrogens with zero attached hydrogens (tertiary/aromatic N) is 1. The summed E-state index contributed by atoms with van der Waals surface area (Å²) in [7, 11) is -3.04. The number of sulfonamides is 1. The first-order valence-corrected chi connectivity index (χ1v) is 7.31. The molecule has 0 radical (unpaired) electrons. The summed E-state index contributed by atoms with van der Waals surface area (Å²) in [6.45, 7) is 1.01. The maximum atomic E-state index is 12.2. The van der Waals surface area contributed by atoms with Crippen molar-refractivity contribution in [1.82, 2.24) is 4.31 Å². The Labute approximate surface area is 90.6 Å². The lowest BCUT2D eigenvalue weighted by molar-refractivity contribution is 0.198. The molecule has 1 unspecified atom stereocenters. The Hall–Kier alpha value is -0.130. The van der Waals surface area contributed by atoms with Crippen LogP contribution in [0.3, 0.4) is 0 Å². The third kappa shape index (κ3) is 1.52. The highest BCUT2D eigenvalue weighted by Crippen LogP contribution is 2.44. The molecular weight excluding hydrogens is 214 g/mol. The van der Waals surface area contributed by atoms with E-state index in [4.69, 9.17) is 4.74 Å². The molecule has 1 aliphatic carbocycles. The van der Waals surface area contributed by atoms with Crippen molar-refractivity contribution in [1.29, 1.82) is 0 Å². The summed E-state index contributed by atoms with van der Waals surface area (Å²) < 4.78 is 31.3. The van der Waals surface area contributed by atoms with Gasteiger partial charge in [-0.2, -0.15) is 4.31 Å². The number of ether oxygens (including phenoxy) is 1. The Balaban J connectivity index is 1.76. The van der Waals surface area contributed by atoms with Gasteiger partial charge >= 0.3 is 0 Å². The van der Waals surface area contributed by atoms with Crippen molar-refractivity contribution in [3.8, 4) is 0 Å². The molecule has 0 N–H and O–H groups in total. The SMILES string of the molecule is O=S(=O)([C@H]1CCOC1)N1[C@@H]2CCCC[C@@H]21. The van der Waals surface area contributed by atoms with E-state index in [-0.39, 0.29) is 5.25 Å². The number of hydrogen-bond donors (Lipinski definition) is 0. The summed E-state index contributed by atoms with van der Waals surface area (Å²) in [6, 6.07) is 0.675. The highest BCUT2D eigenvalue weighted by molar-refractivity contribution is 7.90. The van der Waals surface area contributed by atoms with Crippen molar-refractivity contribution in [2.75, 3.05) is 13.2 Å². The summed E-state index contributed by atoms with van der Waals surface area (Å²) in [5, 5.41) is -0.261. The lowest BCUT2D eigenvalue weighted by Crippen LogP contribution is -2.29. The largest absolute Gasteiger partial charge is 0.380 e. The second-order valence-corrected chi connectivity index (χ2v) is 6.90. The van der Waals surface area contributed by atoms with Crippen LogP contribution in [-0.2, 0) is 14.8 Å². The van der Waals surface area contributed by atoms with E-state index in [1.165, 1.54) is 12.8 Å². The molecule has 5 heteroatoms. The summed E-state index contributed by atoms with van der Waals surface area (Å²) in [5.74, 6) is 0. The van der Waals surface area contributed by atoms with Gasteiger partial charge in [-0.1, -0.05) is 12.8 Å². The van der Waals surface area contributed by atoms with Crippen LogP contribution in [0.2, 0.25) is 0 Å². The van der Waals surface area contributed by atoms with E-state index < -0.39 is 10.0 Å². The average Bonchev–Trinajstić information content (AvgIpc) is 2.71. The molecular formula is C10H17NO3S. The predicted molar refractivity (Wildman–Crippen MR) is 56.0 cm³/mol. The fraction of sp³-hybridized carbons (Fsp3) is 1.00. The summed E-state index contributed by atoms with van der Waals surface area (Å²) in [4.78, 5) is 0. The van der Waals surface area contributed by atoms with Crippen molar-refractivity contribution < 1.29 is 13.2 Å². The lowest BCUT2D eigenvalue weighted by Gasteiger charge is -2.11. The Kier molecular flexibility index (Phi) is 2.30. The van der Waals surface area contributed by atoms with E-state index in [2.05, 4.69) is 0 Å². The van der Waals surface area contributed by atoms with Crippen molar-refractivity contribution in [3.05, 3.63) is 0 Å². The Morgan fingerprint density at radius 2 is 1.73 bits per heavy atom. The second kappa shape index (κ2) is 3.43. The molecule has 4 atom stereocenters. The minimum absolute atomic E-state index is 0.261. The fourth-order valence-electron chi connectivity index (χ4n) is 2.95. The fourth-order valence-corrected chi connectivity index (χ4v) is 5.15. The summed E-state index contributed by atoms with van der Waals surface area (Å²) in [5.41, 5.74) is 0. The van der Waals surface area contributed by atoms with Crippen LogP contribution < -0.4 is 0 Å². The van der Waals surface area contributed by atoms with E-state index in [9.17, 15) is 8.42 Å². The first-order chi connectivity index (χ1) is 7.21. The third-order valence-corrected chi connectivity index (χ3v) is 6.20. The Morgan fingerprint density at radius 1 is 1.07 bits per heavy atom. The van der Waals surface area contributed by atoms with Crippen LogP contribution in [0.1, 0.15) is 32.1 Å². The van der Waals surface area contributed by atoms with Crippen molar-refractivity contribution >= 4 is 10.0 Å². The molecule has 3 fully saturated rings. The van der Waals surface area contributed by atoms with Gasteiger partial charge in [0.25, 0.3) is 0 Å². The highest BCUT2D eigenvalue weighted by Gasteiger charge is 2.57. The molecule has 15 heavy (non-hydrogen) atoms. The normalized spacial score (nSPS) is 45.1. The minimum atomic E-state index is -3.04. The highest BCUT2D eigenvalue weighted by atomic mass is 32.2. The van der Waals surface area contributed by atoms with Gasteiger partial charge in [0.15, 0.2) is 0 Å². The van der Waals surface area contributed by atoms with Crippen LogP contribution >= 0.6 is 0 Å². The van der Waals surface area contributed by atoms with Gasteiger partial charge in [0, 0.05) is 18.7 Å². The molecule has 3 rings (SSSR count). The van der Waals surface area contributed by atoms with Crippen LogP contribution in [0.15, 0.2) is 0 Å². The summed E-state index contributed by atoms with van der Waals surface area (Å²) >= 11 is 0. The van der Waals surface area contributed by atoms with Gasteiger partial charge in [0.05, 0.1) is 6.61 Å².